The summed E-state index contributed by atoms with van der Waals surface area (Å²) in [6.07, 6.45) is 2.70. The van der Waals surface area contributed by atoms with Crippen molar-refractivity contribution in [1.29, 1.82) is 0 Å². The van der Waals surface area contributed by atoms with Crippen molar-refractivity contribution < 1.29 is 9.53 Å². The second-order valence-corrected chi connectivity index (χ2v) is 5.72. The molecule has 84 valence electrons. The Morgan fingerprint density at radius 3 is 2.67 bits per heavy atom. The molecular weight excluding hydrogens is 228 g/mol. The van der Waals surface area contributed by atoms with Crippen molar-refractivity contribution in [3.8, 4) is 0 Å². The van der Waals surface area contributed by atoms with E-state index < -0.39 is 0 Å². The Labute approximate surface area is 99.5 Å². The van der Waals surface area contributed by atoms with Gasteiger partial charge >= 0.3 is 5.97 Å². The first kappa shape index (κ1) is 12.7. The normalized spacial score (nSPS) is 19.3. The van der Waals surface area contributed by atoms with Crippen LogP contribution in [0.4, 0.5) is 0 Å². The van der Waals surface area contributed by atoms with Gasteiger partial charge in [-0.1, -0.05) is 13.0 Å². The van der Waals surface area contributed by atoms with Crippen molar-refractivity contribution in [3.63, 3.8) is 0 Å². The van der Waals surface area contributed by atoms with Crippen LogP contribution in [0.3, 0.4) is 0 Å². The zero-order valence-corrected chi connectivity index (χ0v) is 10.9. The molecule has 1 rings (SSSR count). The highest BCUT2D eigenvalue weighted by molar-refractivity contribution is 8.22. The van der Waals surface area contributed by atoms with Crippen molar-refractivity contribution in [3.05, 3.63) is 22.5 Å². The van der Waals surface area contributed by atoms with E-state index in [2.05, 4.69) is 0 Å². The van der Waals surface area contributed by atoms with E-state index in [1.165, 1.54) is 0 Å². The van der Waals surface area contributed by atoms with Crippen molar-refractivity contribution in [1.82, 2.24) is 0 Å². The predicted molar refractivity (Wildman–Crippen MR) is 67.7 cm³/mol. The zero-order valence-electron chi connectivity index (χ0n) is 9.23. The van der Waals surface area contributed by atoms with Gasteiger partial charge in [-0.05, 0) is 31.1 Å². The molecule has 0 saturated carbocycles. The fraction of sp³-hybridized carbons (Fsp3) is 0.545. The van der Waals surface area contributed by atoms with Crippen molar-refractivity contribution in [2.75, 3.05) is 0 Å². The molecule has 0 radical (unpaired) electrons. The number of esters is 1. The first-order valence-corrected chi connectivity index (χ1v) is 6.87. The Balaban J connectivity index is 2.40. The maximum absolute atomic E-state index is 11.6. The standard InChI is InChI=1S/C11H16O2S2/c1-4-5-8(2)10(12)13-9(3)11-14-6-7-15-11/h5-7,9,11H,4H2,1-3H3. The average molecular weight is 244 g/mol. The van der Waals surface area contributed by atoms with Gasteiger partial charge in [0.25, 0.3) is 0 Å². The number of carbonyl (C=O) groups excluding carboxylic acids is 1. The van der Waals surface area contributed by atoms with Crippen LogP contribution in [0.5, 0.6) is 0 Å². The molecule has 0 N–H and O–H groups in total. The second kappa shape index (κ2) is 6.28. The van der Waals surface area contributed by atoms with Crippen LogP contribution in [0.25, 0.3) is 0 Å². The molecule has 1 heterocycles. The maximum Gasteiger partial charge on any atom is 0.333 e. The van der Waals surface area contributed by atoms with E-state index in [0.29, 0.717) is 10.2 Å². The van der Waals surface area contributed by atoms with Gasteiger partial charge < -0.3 is 4.74 Å². The summed E-state index contributed by atoms with van der Waals surface area (Å²) in [6.45, 7) is 5.74. The first-order valence-electron chi connectivity index (χ1n) is 4.98. The lowest BCUT2D eigenvalue weighted by Gasteiger charge is -2.18. The van der Waals surface area contributed by atoms with E-state index in [-0.39, 0.29) is 12.1 Å². The lowest BCUT2D eigenvalue weighted by molar-refractivity contribution is -0.142. The molecule has 0 aliphatic carbocycles. The molecule has 0 spiro atoms. The quantitative estimate of drug-likeness (QED) is 0.558. The molecular formula is C11H16O2S2. The third kappa shape index (κ3) is 3.95. The summed E-state index contributed by atoms with van der Waals surface area (Å²) in [4.78, 5) is 11.6. The molecule has 15 heavy (non-hydrogen) atoms. The highest BCUT2D eigenvalue weighted by Gasteiger charge is 2.23. The third-order valence-electron chi connectivity index (χ3n) is 1.99. The Bertz CT molecular complexity index is 276. The van der Waals surface area contributed by atoms with Gasteiger partial charge in [0.15, 0.2) is 0 Å². The van der Waals surface area contributed by atoms with E-state index in [4.69, 9.17) is 4.74 Å². The largest absolute Gasteiger partial charge is 0.457 e. The molecule has 0 amide bonds. The molecule has 0 aromatic heterocycles. The van der Waals surface area contributed by atoms with E-state index in [0.717, 1.165) is 6.42 Å². The van der Waals surface area contributed by atoms with Gasteiger partial charge in [0, 0.05) is 5.57 Å². The lowest BCUT2D eigenvalue weighted by Crippen LogP contribution is -2.23. The highest BCUT2D eigenvalue weighted by Crippen LogP contribution is 2.36. The summed E-state index contributed by atoms with van der Waals surface area (Å²) in [5.74, 6) is -0.197. The number of ether oxygens (including phenoxy) is 1. The minimum absolute atomic E-state index is 0.0530. The number of hydrogen-bond donors (Lipinski definition) is 0. The monoisotopic (exact) mass is 244 g/mol. The number of hydrogen-bond acceptors (Lipinski definition) is 4. The van der Waals surface area contributed by atoms with Gasteiger partial charge in [-0.25, -0.2) is 4.79 Å². The summed E-state index contributed by atoms with van der Waals surface area (Å²) < 4.78 is 5.67. The maximum atomic E-state index is 11.6. The lowest BCUT2D eigenvalue weighted by atomic mass is 10.2. The highest BCUT2D eigenvalue weighted by atomic mass is 32.2. The van der Waals surface area contributed by atoms with Crippen molar-refractivity contribution >= 4 is 29.5 Å². The molecule has 0 saturated heterocycles. The summed E-state index contributed by atoms with van der Waals surface area (Å²) in [5, 5.41) is 4.07. The smallest absolute Gasteiger partial charge is 0.333 e. The minimum atomic E-state index is -0.197. The SMILES string of the molecule is CCC=C(C)C(=O)OC(C)C1SC=CS1. The molecule has 0 aromatic carbocycles. The Morgan fingerprint density at radius 1 is 1.53 bits per heavy atom. The van der Waals surface area contributed by atoms with Crippen LogP contribution in [0.1, 0.15) is 27.2 Å². The third-order valence-corrected chi connectivity index (χ3v) is 4.72. The molecule has 1 aliphatic rings. The Morgan fingerprint density at radius 2 is 2.13 bits per heavy atom. The van der Waals surface area contributed by atoms with Gasteiger partial charge in [0.2, 0.25) is 0 Å². The van der Waals surface area contributed by atoms with Crippen LogP contribution in [-0.4, -0.2) is 16.7 Å². The average Bonchev–Trinajstić information content (AvgIpc) is 2.70. The predicted octanol–water partition coefficient (Wildman–Crippen LogP) is 3.55. The van der Waals surface area contributed by atoms with Crippen LogP contribution < -0.4 is 0 Å². The summed E-state index contributed by atoms with van der Waals surface area (Å²) in [7, 11) is 0. The number of carbonyl (C=O) groups is 1. The van der Waals surface area contributed by atoms with Gasteiger partial charge in [0.05, 0.1) is 4.58 Å². The van der Waals surface area contributed by atoms with Gasteiger partial charge in [-0.3, -0.25) is 0 Å². The molecule has 2 nitrogen and oxygen atoms in total. The molecule has 0 fully saturated rings. The van der Waals surface area contributed by atoms with Crippen LogP contribution in [0.15, 0.2) is 22.5 Å². The second-order valence-electron chi connectivity index (χ2n) is 3.32. The van der Waals surface area contributed by atoms with Crippen molar-refractivity contribution in [2.24, 2.45) is 0 Å². The Kier molecular flexibility index (Phi) is 5.32. The van der Waals surface area contributed by atoms with E-state index in [1.54, 1.807) is 30.4 Å². The Hall–Kier alpha value is -0.350. The summed E-state index contributed by atoms with van der Waals surface area (Å²) in [5.41, 5.74) is 0.699. The van der Waals surface area contributed by atoms with E-state index >= 15 is 0 Å². The molecule has 1 atom stereocenters. The molecule has 0 aromatic rings. The molecule has 1 unspecified atom stereocenters. The van der Waals surface area contributed by atoms with Crippen LogP contribution in [-0.2, 0) is 9.53 Å². The molecule has 4 heteroatoms. The van der Waals surface area contributed by atoms with Gasteiger partial charge in [-0.15, -0.1) is 23.5 Å². The number of thioether (sulfide) groups is 2. The summed E-state index contributed by atoms with van der Waals surface area (Å²) in [6, 6.07) is 0. The van der Waals surface area contributed by atoms with Crippen molar-refractivity contribution in [2.45, 2.75) is 37.9 Å². The van der Waals surface area contributed by atoms with Gasteiger partial charge in [-0.2, -0.15) is 0 Å². The molecule has 1 aliphatic heterocycles. The van der Waals surface area contributed by atoms with Crippen LogP contribution in [0, 0.1) is 0 Å². The number of rotatable bonds is 4. The first-order chi connectivity index (χ1) is 7.15. The van der Waals surface area contributed by atoms with E-state index in [1.807, 2.05) is 30.7 Å². The fourth-order valence-corrected chi connectivity index (χ4v) is 3.20. The zero-order chi connectivity index (χ0) is 11.3. The minimum Gasteiger partial charge on any atom is -0.457 e. The van der Waals surface area contributed by atoms with Crippen LogP contribution >= 0.6 is 23.5 Å². The van der Waals surface area contributed by atoms with E-state index in [9.17, 15) is 4.79 Å². The fourth-order valence-electron chi connectivity index (χ4n) is 1.18. The topological polar surface area (TPSA) is 26.3 Å². The van der Waals surface area contributed by atoms with Crippen LogP contribution in [0.2, 0.25) is 0 Å². The van der Waals surface area contributed by atoms with Gasteiger partial charge in [0.1, 0.15) is 6.10 Å². The summed E-state index contributed by atoms with van der Waals surface area (Å²) >= 11 is 3.41. The number of allylic oxidation sites excluding steroid dienone is 1. The molecule has 0 bridgehead atoms.